The highest BCUT2D eigenvalue weighted by Crippen LogP contribution is 2.42. The maximum atomic E-state index is 9.80. The van der Waals surface area contributed by atoms with E-state index in [2.05, 4.69) is 15.9 Å². The topological polar surface area (TPSA) is 58.9 Å². The van der Waals surface area contributed by atoms with Gasteiger partial charge in [-0.2, -0.15) is 0 Å². The summed E-state index contributed by atoms with van der Waals surface area (Å²) in [6, 6.07) is 1.47. The number of aromatic hydroxyl groups is 1. The van der Waals surface area contributed by atoms with Gasteiger partial charge in [-0.05, 0) is 22.9 Å². The van der Waals surface area contributed by atoms with E-state index in [0.29, 0.717) is 28.0 Å². The molecule has 0 radical (unpaired) electrons. The summed E-state index contributed by atoms with van der Waals surface area (Å²) in [4.78, 5) is 0. The Bertz CT molecular complexity index is 377. The van der Waals surface area contributed by atoms with Crippen LogP contribution in [0.4, 0.5) is 0 Å². The largest absolute Gasteiger partial charge is 0.507 e. The molecule has 0 saturated heterocycles. The third-order valence-corrected chi connectivity index (χ3v) is 3.03. The highest BCUT2D eigenvalue weighted by molar-refractivity contribution is 9.10. The average Bonchev–Trinajstić information content (AvgIpc) is 2.23. The van der Waals surface area contributed by atoms with Gasteiger partial charge >= 0.3 is 0 Å². The Morgan fingerprint density at radius 3 is 2.44 bits per heavy atom. The predicted molar refractivity (Wildman–Crippen MR) is 64.3 cm³/mol. The van der Waals surface area contributed by atoms with Gasteiger partial charge < -0.3 is 19.7 Å². The van der Waals surface area contributed by atoms with E-state index in [0.717, 1.165) is 0 Å². The van der Waals surface area contributed by atoms with E-state index in [9.17, 15) is 10.2 Å². The number of phenolic OH excluding ortho intramolecular Hbond substituents is 1. The zero-order valence-electron chi connectivity index (χ0n) is 9.45. The Morgan fingerprint density at radius 1 is 1.38 bits per heavy atom. The Balaban J connectivity index is 3.29. The molecule has 90 valence electrons. The molecule has 0 spiro atoms. The molecule has 1 aromatic carbocycles. The van der Waals surface area contributed by atoms with Crippen LogP contribution in [-0.2, 0) is 6.42 Å². The lowest BCUT2D eigenvalue weighted by Gasteiger charge is -2.15. The first-order valence-electron chi connectivity index (χ1n) is 4.81. The smallest absolute Gasteiger partial charge is 0.175 e. The number of methoxy groups -OCH3 is 2. The minimum absolute atomic E-state index is 0.0745. The van der Waals surface area contributed by atoms with Gasteiger partial charge in [0, 0.05) is 18.1 Å². The molecule has 1 rings (SSSR count). The molecule has 0 aliphatic heterocycles. The fourth-order valence-corrected chi connectivity index (χ4v) is 2.19. The summed E-state index contributed by atoms with van der Waals surface area (Å²) in [5.41, 5.74) is 0.604. The van der Waals surface area contributed by atoms with Crippen molar-refractivity contribution in [3.05, 3.63) is 16.1 Å². The second-order valence-corrected chi connectivity index (χ2v) is 4.27. The highest BCUT2D eigenvalue weighted by Gasteiger charge is 2.18. The van der Waals surface area contributed by atoms with Crippen LogP contribution in [0.5, 0.6) is 17.2 Å². The summed E-state index contributed by atoms with van der Waals surface area (Å²) in [5, 5.41) is 19.1. The van der Waals surface area contributed by atoms with Gasteiger partial charge in [0.25, 0.3) is 0 Å². The number of hydrogen-bond donors (Lipinski definition) is 2. The van der Waals surface area contributed by atoms with Crippen molar-refractivity contribution in [2.24, 2.45) is 0 Å². The standard InChI is InChI=1S/C11H15BrO4/c1-6(13)4-7-8(14)5-9(15-2)11(16-3)10(7)12/h5-6,13-14H,4H2,1-3H3. The van der Waals surface area contributed by atoms with Gasteiger partial charge in [0.1, 0.15) is 5.75 Å². The van der Waals surface area contributed by atoms with E-state index < -0.39 is 6.10 Å². The molecule has 1 atom stereocenters. The molecule has 0 bridgehead atoms. The molecule has 4 nitrogen and oxygen atoms in total. The summed E-state index contributed by atoms with van der Waals surface area (Å²) in [5.74, 6) is 1.03. The molecule has 0 amide bonds. The van der Waals surface area contributed by atoms with E-state index in [1.54, 1.807) is 6.92 Å². The van der Waals surface area contributed by atoms with Crippen molar-refractivity contribution in [3.63, 3.8) is 0 Å². The third-order valence-electron chi connectivity index (χ3n) is 2.19. The number of phenols is 1. The van der Waals surface area contributed by atoms with E-state index in [4.69, 9.17) is 9.47 Å². The van der Waals surface area contributed by atoms with Crippen LogP contribution in [0.15, 0.2) is 10.5 Å². The normalized spacial score (nSPS) is 12.3. The first-order chi connectivity index (χ1) is 7.51. The lowest BCUT2D eigenvalue weighted by Crippen LogP contribution is -2.06. The third kappa shape index (κ3) is 2.59. The van der Waals surface area contributed by atoms with E-state index in [-0.39, 0.29) is 5.75 Å². The highest BCUT2D eigenvalue weighted by atomic mass is 79.9. The summed E-state index contributed by atoms with van der Waals surface area (Å²) >= 11 is 3.34. The lowest BCUT2D eigenvalue weighted by atomic mass is 10.1. The number of aliphatic hydroxyl groups is 1. The molecule has 0 aromatic heterocycles. The van der Waals surface area contributed by atoms with Gasteiger partial charge in [0.05, 0.1) is 24.8 Å². The zero-order chi connectivity index (χ0) is 12.3. The molecular formula is C11H15BrO4. The van der Waals surface area contributed by atoms with Crippen LogP contribution in [0, 0.1) is 0 Å². The number of ether oxygens (including phenoxy) is 2. The van der Waals surface area contributed by atoms with Gasteiger partial charge in [-0.15, -0.1) is 0 Å². The fourth-order valence-electron chi connectivity index (χ4n) is 1.47. The fraction of sp³-hybridized carbons (Fsp3) is 0.455. The maximum Gasteiger partial charge on any atom is 0.175 e. The van der Waals surface area contributed by atoms with Crippen molar-refractivity contribution in [2.45, 2.75) is 19.4 Å². The maximum absolute atomic E-state index is 9.80. The second-order valence-electron chi connectivity index (χ2n) is 3.48. The number of hydrogen-bond acceptors (Lipinski definition) is 4. The van der Waals surface area contributed by atoms with Crippen LogP contribution < -0.4 is 9.47 Å². The quantitative estimate of drug-likeness (QED) is 0.892. The van der Waals surface area contributed by atoms with Crippen LogP contribution >= 0.6 is 15.9 Å². The van der Waals surface area contributed by atoms with Gasteiger partial charge in [-0.1, -0.05) is 0 Å². The molecular weight excluding hydrogens is 276 g/mol. The van der Waals surface area contributed by atoms with Crippen molar-refractivity contribution < 1.29 is 19.7 Å². The first kappa shape index (κ1) is 13.1. The number of aliphatic hydroxyl groups excluding tert-OH is 1. The summed E-state index contributed by atoms with van der Waals surface area (Å²) in [6.45, 7) is 1.66. The molecule has 0 aliphatic carbocycles. The Labute approximate surface area is 103 Å². The van der Waals surface area contributed by atoms with Crippen LogP contribution in [0.25, 0.3) is 0 Å². The molecule has 0 saturated carbocycles. The van der Waals surface area contributed by atoms with Gasteiger partial charge in [-0.25, -0.2) is 0 Å². The molecule has 1 unspecified atom stereocenters. The molecule has 0 heterocycles. The second kappa shape index (κ2) is 5.41. The molecule has 2 N–H and O–H groups in total. The van der Waals surface area contributed by atoms with Crippen molar-refractivity contribution >= 4 is 15.9 Å². The average molecular weight is 291 g/mol. The molecule has 0 fully saturated rings. The van der Waals surface area contributed by atoms with Crippen LogP contribution in [0.1, 0.15) is 12.5 Å². The van der Waals surface area contributed by atoms with Crippen LogP contribution in [0.3, 0.4) is 0 Å². The Hall–Kier alpha value is -0.940. The Morgan fingerprint density at radius 2 is 2.00 bits per heavy atom. The lowest BCUT2D eigenvalue weighted by molar-refractivity contribution is 0.194. The minimum Gasteiger partial charge on any atom is -0.507 e. The minimum atomic E-state index is -0.541. The van der Waals surface area contributed by atoms with Crippen molar-refractivity contribution in [2.75, 3.05) is 14.2 Å². The molecule has 16 heavy (non-hydrogen) atoms. The van der Waals surface area contributed by atoms with Crippen LogP contribution in [0.2, 0.25) is 0 Å². The van der Waals surface area contributed by atoms with Gasteiger partial charge in [-0.3, -0.25) is 0 Å². The summed E-state index contributed by atoms with van der Waals surface area (Å²) < 4.78 is 10.9. The van der Waals surface area contributed by atoms with E-state index in [1.165, 1.54) is 20.3 Å². The summed E-state index contributed by atoms with van der Waals surface area (Å²) in [6.07, 6.45) is -0.201. The van der Waals surface area contributed by atoms with Gasteiger partial charge in [0.2, 0.25) is 0 Å². The zero-order valence-corrected chi connectivity index (χ0v) is 11.0. The number of rotatable bonds is 4. The van der Waals surface area contributed by atoms with Crippen molar-refractivity contribution in [1.82, 2.24) is 0 Å². The first-order valence-corrected chi connectivity index (χ1v) is 5.61. The monoisotopic (exact) mass is 290 g/mol. The van der Waals surface area contributed by atoms with E-state index >= 15 is 0 Å². The van der Waals surface area contributed by atoms with Crippen LogP contribution in [-0.4, -0.2) is 30.5 Å². The molecule has 5 heteroatoms. The summed E-state index contributed by atoms with van der Waals surface area (Å²) in [7, 11) is 3.02. The number of benzene rings is 1. The van der Waals surface area contributed by atoms with Crippen molar-refractivity contribution in [3.8, 4) is 17.2 Å². The predicted octanol–water partition coefficient (Wildman–Crippen LogP) is 2.10. The van der Waals surface area contributed by atoms with Gasteiger partial charge in [0.15, 0.2) is 11.5 Å². The number of halogens is 1. The SMILES string of the molecule is COc1cc(O)c(CC(C)O)c(Br)c1OC. The Kier molecular flexibility index (Phi) is 4.44. The molecule has 0 aliphatic rings. The van der Waals surface area contributed by atoms with E-state index in [1.807, 2.05) is 0 Å². The van der Waals surface area contributed by atoms with Crippen molar-refractivity contribution in [1.29, 1.82) is 0 Å². The molecule has 1 aromatic rings.